The summed E-state index contributed by atoms with van der Waals surface area (Å²) in [6.45, 7) is 1.95. The lowest BCUT2D eigenvalue weighted by molar-refractivity contribution is -0.118. The molecular weight excluding hydrogens is 471 g/mol. The van der Waals surface area contributed by atoms with Crippen LogP contribution in [-0.2, 0) is 4.79 Å². The van der Waals surface area contributed by atoms with Gasteiger partial charge in [0.05, 0.1) is 5.02 Å². The number of carbonyl (C=O) groups is 2. The standard InChI is InChI=1S/C27H26Cl2N2O3/c1-17-7-9-18(10-8-17)26(32)31-24(27(33)30-20-5-3-2-4-6-20)16-21-12-14-25(34-21)22-15-19(28)11-13-23(22)29/h7-16,20H,2-6H2,1H3,(H,30,33)(H,31,32)/b24-16+. The van der Waals surface area contributed by atoms with Gasteiger partial charge in [-0.25, -0.2) is 0 Å². The smallest absolute Gasteiger partial charge is 0.268 e. The molecule has 2 aromatic carbocycles. The van der Waals surface area contributed by atoms with Crippen molar-refractivity contribution in [1.29, 1.82) is 0 Å². The molecule has 0 atom stereocenters. The number of nitrogens with one attached hydrogen (secondary N) is 2. The fourth-order valence-electron chi connectivity index (χ4n) is 3.97. The van der Waals surface area contributed by atoms with Gasteiger partial charge in [-0.05, 0) is 62.2 Å². The Labute approximate surface area is 209 Å². The van der Waals surface area contributed by atoms with Crippen LogP contribution in [0.5, 0.6) is 0 Å². The first-order chi connectivity index (χ1) is 16.4. The number of aryl methyl sites for hydroxylation is 1. The molecule has 1 aliphatic carbocycles. The molecule has 0 aliphatic heterocycles. The van der Waals surface area contributed by atoms with Crippen molar-refractivity contribution < 1.29 is 14.0 Å². The van der Waals surface area contributed by atoms with Crippen molar-refractivity contribution in [1.82, 2.24) is 10.6 Å². The Balaban J connectivity index is 1.60. The van der Waals surface area contributed by atoms with E-state index in [0.29, 0.717) is 32.7 Å². The second-order valence-corrected chi connectivity index (χ2v) is 9.36. The van der Waals surface area contributed by atoms with Gasteiger partial charge >= 0.3 is 0 Å². The summed E-state index contributed by atoms with van der Waals surface area (Å²) in [5.41, 5.74) is 2.28. The summed E-state index contributed by atoms with van der Waals surface area (Å²) < 4.78 is 5.93. The Morgan fingerprint density at radius 1 is 0.971 bits per heavy atom. The minimum Gasteiger partial charge on any atom is -0.457 e. The van der Waals surface area contributed by atoms with Gasteiger partial charge in [-0.3, -0.25) is 9.59 Å². The van der Waals surface area contributed by atoms with Crippen LogP contribution >= 0.6 is 23.2 Å². The number of hydrogen-bond donors (Lipinski definition) is 2. The molecule has 5 nitrogen and oxygen atoms in total. The maximum Gasteiger partial charge on any atom is 0.268 e. The largest absolute Gasteiger partial charge is 0.457 e. The molecule has 0 unspecified atom stereocenters. The zero-order chi connectivity index (χ0) is 24.1. The third kappa shape index (κ3) is 6.10. The topological polar surface area (TPSA) is 71.3 Å². The Bertz CT molecular complexity index is 1210. The van der Waals surface area contributed by atoms with Gasteiger partial charge in [-0.1, -0.05) is 60.2 Å². The van der Waals surface area contributed by atoms with E-state index in [1.807, 2.05) is 19.1 Å². The second kappa shape index (κ2) is 10.9. The molecule has 1 saturated carbocycles. The Hall–Kier alpha value is -3.02. The number of furan rings is 1. The Kier molecular flexibility index (Phi) is 7.76. The summed E-state index contributed by atoms with van der Waals surface area (Å²) in [7, 11) is 0. The van der Waals surface area contributed by atoms with Crippen LogP contribution < -0.4 is 10.6 Å². The molecule has 1 heterocycles. The normalized spacial score (nSPS) is 14.6. The molecule has 176 valence electrons. The van der Waals surface area contributed by atoms with E-state index in [1.54, 1.807) is 42.5 Å². The molecule has 1 fully saturated rings. The first kappa shape index (κ1) is 24.1. The average Bonchev–Trinajstić information content (AvgIpc) is 3.29. The van der Waals surface area contributed by atoms with E-state index in [0.717, 1.165) is 31.2 Å². The molecule has 4 rings (SSSR count). The zero-order valence-corrected chi connectivity index (χ0v) is 20.4. The molecule has 0 spiro atoms. The lowest BCUT2D eigenvalue weighted by Gasteiger charge is -2.23. The summed E-state index contributed by atoms with van der Waals surface area (Å²) in [5.74, 6) is 0.209. The SMILES string of the molecule is Cc1ccc(C(=O)N/C(=C/c2ccc(-c3cc(Cl)ccc3Cl)o2)C(=O)NC2CCCCC2)cc1. The minimum atomic E-state index is -0.366. The summed E-state index contributed by atoms with van der Waals surface area (Å²) >= 11 is 12.4. The van der Waals surface area contributed by atoms with Gasteiger partial charge in [-0.2, -0.15) is 0 Å². The van der Waals surface area contributed by atoms with Crippen LogP contribution in [-0.4, -0.2) is 17.9 Å². The van der Waals surface area contributed by atoms with Gasteiger partial charge in [0.1, 0.15) is 17.2 Å². The van der Waals surface area contributed by atoms with E-state index in [4.69, 9.17) is 27.6 Å². The van der Waals surface area contributed by atoms with Crippen molar-refractivity contribution in [3.63, 3.8) is 0 Å². The molecule has 3 aromatic rings. The highest BCUT2D eigenvalue weighted by Crippen LogP contribution is 2.32. The van der Waals surface area contributed by atoms with Crippen molar-refractivity contribution in [3.05, 3.63) is 87.2 Å². The molecule has 1 aliphatic rings. The van der Waals surface area contributed by atoms with Crippen molar-refractivity contribution in [2.75, 3.05) is 0 Å². The Morgan fingerprint density at radius 3 is 2.44 bits per heavy atom. The summed E-state index contributed by atoms with van der Waals surface area (Å²) in [6, 6.07) is 15.8. The molecular formula is C27H26Cl2N2O3. The number of rotatable bonds is 6. The maximum atomic E-state index is 13.1. The predicted octanol–water partition coefficient (Wildman–Crippen LogP) is 6.78. The summed E-state index contributed by atoms with van der Waals surface area (Å²) in [6.07, 6.45) is 6.75. The molecule has 0 radical (unpaired) electrons. The van der Waals surface area contributed by atoms with Crippen LogP contribution in [0, 0.1) is 6.92 Å². The van der Waals surface area contributed by atoms with Crippen molar-refractivity contribution in [2.45, 2.75) is 45.1 Å². The lowest BCUT2D eigenvalue weighted by Crippen LogP contribution is -2.41. The number of carbonyl (C=O) groups excluding carboxylic acids is 2. The highest BCUT2D eigenvalue weighted by Gasteiger charge is 2.21. The predicted molar refractivity (Wildman–Crippen MR) is 136 cm³/mol. The van der Waals surface area contributed by atoms with E-state index >= 15 is 0 Å². The van der Waals surface area contributed by atoms with Gasteiger partial charge < -0.3 is 15.1 Å². The van der Waals surface area contributed by atoms with Crippen LogP contribution in [0.4, 0.5) is 0 Å². The highest BCUT2D eigenvalue weighted by atomic mass is 35.5. The molecule has 7 heteroatoms. The number of benzene rings is 2. The van der Waals surface area contributed by atoms with Gasteiger partial charge in [0.25, 0.3) is 11.8 Å². The molecule has 0 bridgehead atoms. The summed E-state index contributed by atoms with van der Waals surface area (Å²) in [4.78, 5) is 26.0. The van der Waals surface area contributed by atoms with Gasteiger partial charge in [0, 0.05) is 28.3 Å². The fourth-order valence-corrected chi connectivity index (χ4v) is 4.35. The van der Waals surface area contributed by atoms with Crippen LogP contribution in [0.25, 0.3) is 17.4 Å². The lowest BCUT2D eigenvalue weighted by atomic mass is 9.95. The third-order valence-electron chi connectivity index (χ3n) is 5.85. The van der Waals surface area contributed by atoms with Crippen LogP contribution in [0.1, 0.15) is 53.8 Å². The monoisotopic (exact) mass is 496 g/mol. The van der Waals surface area contributed by atoms with Crippen molar-refractivity contribution in [3.8, 4) is 11.3 Å². The molecule has 34 heavy (non-hydrogen) atoms. The van der Waals surface area contributed by atoms with E-state index in [9.17, 15) is 9.59 Å². The summed E-state index contributed by atoms with van der Waals surface area (Å²) in [5, 5.41) is 6.85. The minimum absolute atomic E-state index is 0.0957. The third-order valence-corrected chi connectivity index (χ3v) is 6.42. The molecule has 2 amide bonds. The Morgan fingerprint density at radius 2 is 1.71 bits per heavy atom. The van der Waals surface area contributed by atoms with E-state index in [-0.39, 0.29) is 23.6 Å². The first-order valence-electron chi connectivity index (χ1n) is 11.3. The zero-order valence-electron chi connectivity index (χ0n) is 18.9. The van der Waals surface area contributed by atoms with Gasteiger partial charge in [0.2, 0.25) is 0 Å². The van der Waals surface area contributed by atoms with E-state index in [1.165, 1.54) is 12.5 Å². The van der Waals surface area contributed by atoms with Gasteiger partial charge in [-0.15, -0.1) is 0 Å². The number of hydrogen-bond acceptors (Lipinski definition) is 3. The van der Waals surface area contributed by atoms with Crippen molar-refractivity contribution in [2.24, 2.45) is 0 Å². The molecule has 2 N–H and O–H groups in total. The van der Waals surface area contributed by atoms with Gasteiger partial charge in [0.15, 0.2) is 0 Å². The van der Waals surface area contributed by atoms with E-state index in [2.05, 4.69) is 10.6 Å². The quantitative estimate of drug-likeness (QED) is 0.369. The van der Waals surface area contributed by atoms with Crippen LogP contribution in [0.15, 0.2) is 64.7 Å². The number of halogens is 2. The number of amides is 2. The highest BCUT2D eigenvalue weighted by molar-refractivity contribution is 6.35. The first-order valence-corrected chi connectivity index (χ1v) is 12.1. The molecule has 1 aromatic heterocycles. The second-order valence-electron chi connectivity index (χ2n) is 8.51. The van der Waals surface area contributed by atoms with E-state index < -0.39 is 0 Å². The average molecular weight is 497 g/mol. The fraction of sp³-hybridized carbons (Fsp3) is 0.259. The molecule has 0 saturated heterocycles. The maximum absolute atomic E-state index is 13.1. The van der Waals surface area contributed by atoms with Crippen LogP contribution in [0.2, 0.25) is 10.0 Å². The van der Waals surface area contributed by atoms with Crippen molar-refractivity contribution >= 4 is 41.1 Å². The van der Waals surface area contributed by atoms with Crippen LogP contribution in [0.3, 0.4) is 0 Å².